The van der Waals surface area contributed by atoms with Crippen LogP contribution in [-0.4, -0.2) is 41.0 Å². The summed E-state index contributed by atoms with van der Waals surface area (Å²) in [5, 5.41) is 6.28. The molecule has 0 amide bonds. The third-order valence-electron chi connectivity index (χ3n) is 9.14. The highest BCUT2D eigenvalue weighted by Gasteiger charge is 2.51. The lowest BCUT2D eigenvalue weighted by atomic mass is 9.69. The van der Waals surface area contributed by atoms with Crippen LogP contribution in [0.25, 0.3) is 10.8 Å². The molecule has 4 aromatic carbocycles. The van der Waals surface area contributed by atoms with Crippen LogP contribution in [0.1, 0.15) is 48.3 Å². The standard InChI is InChI=1S/C34H35Cl2FN2OS/c1-39(22-25-11-14-31(37)27-7-3-2-6-26(25)27)21-24(23-10-13-29(35)30(36)20-23)12-15-33-34(16-18-38-19-17-34)28-8-4-5-9-32(28)41(33)40/h2-11,13-14,20,24,33,38H,12,15-19,21-22H2,1H3/t24-,33?,41?/m1/s1. The topological polar surface area (TPSA) is 32.3 Å². The Morgan fingerprint density at radius 1 is 0.976 bits per heavy atom. The van der Waals surface area contributed by atoms with Crippen LogP contribution in [-0.2, 0) is 22.8 Å². The van der Waals surface area contributed by atoms with Gasteiger partial charge in [0.15, 0.2) is 0 Å². The summed E-state index contributed by atoms with van der Waals surface area (Å²) in [5.41, 5.74) is 3.47. The molecule has 2 heterocycles. The van der Waals surface area contributed by atoms with Crippen LogP contribution in [0.15, 0.2) is 83.8 Å². The molecule has 7 heteroatoms. The maximum atomic E-state index is 14.5. The van der Waals surface area contributed by atoms with Crippen molar-refractivity contribution in [3.05, 3.63) is 111 Å². The largest absolute Gasteiger partial charge is 0.317 e. The Labute approximate surface area is 254 Å². The summed E-state index contributed by atoms with van der Waals surface area (Å²) in [6.07, 6.45) is 3.76. The van der Waals surface area contributed by atoms with Gasteiger partial charge >= 0.3 is 0 Å². The van der Waals surface area contributed by atoms with Gasteiger partial charge in [-0.05, 0) is 98.1 Å². The van der Waals surface area contributed by atoms with Gasteiger partial charge < -0.3 is 10.2 Å². The minimum atomic E-state index is -1.04. The Morgan fingerprint density at radius 3 is 2.49 bits per heavy atom. The van der Waals surface area contributed by atoms with Gasteiger partial charge in [0.2, 0.25) is 0 Å². The van der Waals surface area contributed by atoms with Gasteiger partial charge in [-0.15, -0.1) is 0 Å². The van der Waals surface area contributed by atoms with E-state index >= 15 is 0 Å². The number of benzene rings is 4. The molecule has 0 aliphatic carbocycles. The Bertz CT molecular complexity index is 1590. The lowest BCUT2D eigenvalue weighted by Gasteiger charge is -2.40. The molecule has 2 unspecified atom stereocenters. The van der Waals surface area contributed by atoms with E-state index in [0.717, 1.165) is 66.7 Å². The lowest BCUT2D eigenvalue weighted by Crippen LogP contribution is -2.46. The minimum absolute atomic E-state index is 0.0478. The first-order valence-electron chi connectivity index (χ1n) is 14.4. The Balaban J connectivity index is 1.27. The molecular weight excluding hydrogens is 574 g/mol. The van der Waals surface area contributed by atoms with E-state index < -0.39 is 10.8 Å². The molecule has 214 valence electrons. The van der Waals surface area contributed by atoms with Crippen molar-refractivity contribution >= 4 is 44.8 Å². The molecule has 3 atom stereocenters. The number of nitrogens with one attached hydrogen (secondary N) is 1. The average molecular weight is 610 g/mol. The fourth-order valence-corrected chi connectivity index (χ4v) is 9.55. The summed E-state index contributed by atoms with van der Waals surface area (Å²) in [6.45, 7) is 3.37. The molecule has 0 radical (unpaired) electrons. The molecule has 1 fully saturated rings. The highest BCUT2D eigenvalue weighted by molar-refractivity contribution is 7.86. The van der Waals surface area contributed by atoms with E-state index in [1.54, 1.807) is 6.07 Å². The molecule has 1 spiro atoms. The summed E-state index contributed by atoms with van der Waals surface area (Å²) in [7, 11) is 1.07. The number of rotatable bonds is 8. The quantitative estimate of drug-likeness (QED) is 0.219. The second-order valence-electron chi connectivity index (χ2n) is 11.6. The van der Waals surface area contributed by atoms with Crippen molar-refractivity contribution in [2.45, 2.75) is 53.7 Å². The van der Waals surface area contributed by atoms with E-state index in [9.17, 15) is 8.60 Å². The number of hydrogen-bond donors (Lipinski definition) is 1. The summed E-state index contributed by atoms with van der Waals surface area (Å²) >= 11 is 12.8. The van der Waals surface area contributed by atoms with Crippen LogP contribution >= 0.6 is 23.2 Å². The van der Waals surface area contributed by atoms with Gasteiger partial charge in [-0.2, -0.15) is 0 Å². The maximum Gasteiger partial charge on any atom is 0.131 e. The van der Waals surface area contributed by atoms with Crippen LogP contribution in [0.5, 0.6) is 0 Å². The zero-order chi connectivity index (χ0) is 28.6. The molecule has 2 aliphatic heterocycles. The molecule has 1 saturated heterocycles. The van der Waals surface area contributed by atoms with Crippen LogP contribution in [0, 0.1) is 5.82 Å². The first-order chi connectivity index (χ1) is 19.9. The van der Waals surface area contributed by atoms with E-state index in [2.05, 4.69) is 41.5 Å². The van der Waals surface area contributed by atoms with Gasteiger partial charge in [-0.3, -0.25) is 4.21 Å². The number of halogens is 3. The van der Waals surface area contributed by atoms with Crippen molar-refractivity contribution in [1.29, 1.82) is 0 Å². The van der Waals surface area contributed by atoms with Gasteiger partial charge in [0, 0.05) is 34.0 Å². The van der Waals surface area contributed by atoms with Crippen molar-refractivity contribution in [3.63, 3.8) is 0 Å². The number of likely N-dealkylation sites (N-methyl/N-ethyl adjacent to an activating group) is 1. The minimum Gasteiger partial charge on any atom is -0.317 e. The van der Waals surface area contributed by atoms with E-state index in [-0.39, 0.29) is 22.4 Å². The van der Waals surface area contributed by atoms with Gasteiger partial charge in [-0.1, -0.05) is 77.8 Å². The van der Waals surface area contributed by atoms with Crippen molar-refractivity contribution in [3.8, 4) is 0 Å². The molecule has 3 nitrogen and oxygen atoms in total. The molecule has 6 rings (SSSR count). The number of fused-ring (bicyclic) bond motifs is 3. The predicted molar refractivity (Wildman–Crippen MR) is 169 cm³/mol. The van der Waals surface area contributed by atoms with Crippen molar-refractivity contribution in [2.24, 2.45) is 0 Å². The van der Waals surface area contributed by atoms with Gasteiger partial charge in [0.1, 0.15) is 5.82 Å². The summed E-state index contributed by atoms with van der Waals surface area (Å²) in [6, 6.07) is 25.4. The third-order valence-corrected chi connectivity index (χ3v) is 11.9. The Morgan fingerprint density at radius 2 is 1.71 bits per heavy atom. The molecule has 0 bridgehead atoms. The number of piperidine rings is 1. The zero-order valence-corrected chi connectivity index (χ0v) is 25.5. The van der Waals surface area contributed by atoms with Gasteiger partial charge in [0.05, 0.1) is 20.8 Å². The van der Waals surface area contributed by atoms with Crippen molar-refractivity contribution < 1.29 is 8.60 Å². The van der Waals surface area contributed by atoms with E-state index in [0.29, 0.717) is 22.0 Å². The fraction of sp³-hybridized carbons (Fsp3) is 0.353. The first-order valence-corrected chi connectivity index (χ1v) is 16.3. The maximum absolute atomic E-state index is 14.5. The van der Waals surface area contributed by atoms with Crippen LogP contribution in [0.4, 0.5) is 4.39 Å². The van der Waals surface area contributed by atoms with Crippen molar-refractivity contribution in [2.75, 3.05) is 26.7 Å². The van der Waals surface area contributed by atoms with E-state index in [1.807, 2.05) is 48.5 Å². The summed E-state index contributed by atoms with van der Waals surface area (Å²) in [4.78, 5) is 3.32. The molecule has 1 N–H and O–H groups in total. The average Bonchev–Trinajstić information content (AvgIpc) is 3.21. The summed E-state index contributed by atoms with van der Waals surface area (Å²) in [5.74, 6) is -0.0287. The van der Waals surface area contributed by atoms with Gasteiger partial charge in [0.25, 0.3) is 0 Å². The molecule has 0 saturated carbocycles. The smallest absolute Gasteiger partial charge is 0.131 e. The monoisotopic (exact) mass is 608 g/mol. The zero-order valence-electron chi connectivity index (χ0n) is 23.2. The highest BCUT2D eigenvalue weighted by Crippen LogP contribution is 2.50. The first kappa shape index (κ1) is 28.8. The molecule has 4 aromatic rings. The lowest BCUT2D eigenvalue weighted by molar-refractivity contribution is 0.270. The molecule has 41 heavy (non-hydrogen) atoms. The third kappa shape index (κ3) is 5.60. The molecular formula is C34H35Cl2FN2OS. The summed E-state index contributed by atoms with van der Waals surface area (Å²) < 4.78 is 28.4. The Kier molecular flexibility index (Phi) is 8.54. The Hall–Kier alpha value is -2.28. The number of nitrogens with zero attached hydrogens (tertiary/aromatic N) is 1. The van der Waals surface area contributed by atoms with E-state index in [1.165, 1.54) is 5.56 Å². The molecule has 0 aromatic heterocycles. The second-order valence-corrected chi connectivity index (χ2v) is 14.0. The normalized spacial score (nSPS) is 20.5. The number of hydrogen-bond acceptors (Lipinski definition) is 3. The van der Waals surface area contributed by atoms with Crippen LogP contribution in [0.3, 0.4) is 0 Å². The highest BCUT2D eigenvalue weighted by atomic mass is 35.5. The van der Waals surface area contributed by atoms with Gasteiger partial charge in [-0.25, -0.2) is 4.39 Å². The SMILES string of the molecule is CN(Cc1ccc(F)c2ccccc12)C[C@@H](CCC1S(=O)c2ccccc2C12CCNCC2)c1ccc(Cl)c(Cl)c1. The van der Waals surface area contributed by atoms with E-state index in [4.69, 9.17) is 23.2 Å². The second kappa shape index (κ2) is 12.1. The van der Waals surface area contributed by atoms with Crippen LogP contribution < -0.4 is 5.32 Å². The predicted octanol–water partition coefficient (Wildman–Crippen LogP) is 8.09. The molecule has 2 aliphatic rings. The van der Waals surface area contributed by atoms with Crippen molar-refractivity contribution in [1.82, 2.24) is 10.2 Å². The van der Waals surface area contributed by atoms with Crippen LogP contribution in [0.2, 0.25) is 10.0 Å². The fourth-order valence-electron chi connectivity index (χ4n) is 7.11.